The Hall–Kier alpha value is -2.47. The number of benzene rings is 1. The number of nitro groups is 1. The Morgan fingerprint density at radius 3 is 2.50 bits per heavy atom. The lowest BCUT2D eigenvalue weighted by Gasteiger charge is -2.06. The number of pyridine rings is 1. The van der Waals surface area contributed by atoms with Gasteiger partial charge in [0.15, 0.2) is 0 Å². The van der Waals surface area contributed by atoms with Crippen molar-refractivity contribution >= 4 is 5.69 Å². The summed E-state index contributed by atoms with van der Waals surface area (Å²) in [6.45, 7) is 1.67. The maximum Gasteiger partial charge on any atom is 0.290 e. The van der Waals surface area contributed by atoms with Crippen molar-refractivity contribution in [2.45, 2.75) is 13.3 Å². The molecule has 0 spiro atoms. The summed E-state index contributed by atoms with van der Waals surface area (Å²) in [4.78, 5) is 14.3. The summed E-state index contributed by atoms with van der Waals surface area (Å²) in [7, 11) is 0. The lowest BCUT2D eigenvalue weighted by molar-refractivity contribution is -0.385. The summed E-state index contributed by atoms with van der Waals surface area (Å²) >= 11 is 0. The Morgan fingerprint density at radius 2 is 1.95 bits per heavy atom. The summed E-state index contributed by atoms with van der Waals surface area (Å²) in [6.07, 6.45) is 0.592. The average Bonchev–Trinajstić information content (AvgIpc) is 2.41. The van der Waals surface area contributed by atoms with Crippen LogP contribution >= 0.6 is 0 Å². The molecule has 0 unspecified atom stereocenters. The lowest BCUT2D eigenvalue weighted by atomic mass is 10.1. The fourth-order valence-electron chi connectivity index (χ4n) is 1.75. The number of ether oxygens (including phenoxy) is 1. The fourth-order valence-corrected chi connectivity index (χ4v) is 1.75. The van der Waals surface area contributed by atoms with Crippen molar-refractivity contribution in [3.63, 3.8) is 0 Å². The number of hydrogen-bond acceptors (Lipinski definition) is 5. The summed E-state index contributed by atoms with van der Waals surface area (Å²) in [5.41, 5.74) is 1.28. The highest BCUT2D eigenvalue weighted by Gasteiger charge is 2.12. The smallest absolute Gasteiger partial charge is 0.290 e. The van der Waals surface area contributed by atoms with Gasteiger partial charge >= 0.3 is 0 Å². The largest absolute Gasteiger partial charge is 0.439 e. The molecule has 0 aliphatic rings. The van der Waals surface area contributed by atoms with Gasteiger partial charge in [0.1, 0.15) is 11.4 Å². The second-order valence-electron chi connectivity index (χ2n) is 4.23. The number of hydrogen-bond donors (Lipinski definition) is 1. The zero-order valence-electron chi connectivity index (χ0n) is 10.9. The van der Waals surface area contributed by atoms with Crippen molar-refractivity contribution < 1.29 is 14.8 Å². The normalized spacial score (nSPS) is 10.3. The van der Waals surface area contributed by atoms with Gasteiger partial charge in [-0.2, -0.15) is 0 Å². The molecule has 0 aliphatic heterocycles. The van der Waals surface area contributed by atoms with Gasteiger partial charge in [-0.3, -0.25) is 10.1 Å². The third-order valence-electron chi connectivity index (χ3n) is 2.78. The van der Waals surface area contributed by atoms with Crippen LogP contribution < -0.4 is 4.74 Å². The topological polar surface area (TPSA) is 85.5 Å². The fraction of sp³-hybridized carbons (Fsp3) is 0.214. The molecule has 1 N–H and O–H groups in total. The van der Waals surface area contributed by atoms with Crippen molar-refractivity contribution in [1.82, 2.24) is 4.98 Å². The van der Waals surface area contributed by atoms with Gasteiger partial charge in [-0.15, -0.1) is 0 Å². The molecule has 0 radical (unpaired) electrons. The van der Waals surface area contributed by atoms with E-state index in [1.54, 1.807) is 19.1 Å². The molecule has 0 saturated carbocycles. The molecule has 0 atom stereocenters. The molecule has 6 nitrogen and oxygen atoms in total. The highest BCUT2D eigenvalue weighted by atomic mass is 16.6. The van der Waals surface area contributed by atoms with Gasteiger partial charge in [0.05, 0.1) is 4.92 Å². The molecule has 20 heavy (non-hydrogen) atoms. The summed E-state index contributed by atoms with van der Waals surface area (Å²) in [5.74, 6) is 0.899. The molecule has 2 rings (SSSR count). The first-order valence-electron chi connectivity index (χ1n) is 6.10. The van der Waals surface area contributed by atoms with Crippen molar-refractivity contribution in [2.24, 2.45) is 0 Å². The first-order valence-corrected chi connectivity index (χ1v) is 6.10. The second kappa shape index (κ2) is 6.12. The van der Waals surface area contributed by atoms with Gasteiger partial charge in [-0.05, 0) is 31.0 Å². The van der Waals surface area contributed by atoms with Crippen molar-refractivity contribution in [1.29, 1.82) is 0 Å². The van der Waals surface area contributed by atoms with Gasteiger partial charge < -0.3 is 9.84 Å². The maximum atomic E-state index is 10.7. The van der Waals surface area contributed by atoms with Crippen molar-refractivity contribution in [3.05, 3.63) is 57.8 Å². The molecule has 0 amide bonds. The van der Waals surface area contributed by atoms with Crippen LogP contribution in [0.1, 0.15) is 11.3 Å². The number of rotatable bonds is 5. The molecular formula is C14H14N2O4. The summed E-state index contributed by atoms with van der Waals surface area (Å²) in [6, 6.07) is 10.1. The van der Waals surface area contributed by atoms with Gasteiger partial charge in [-0.1, -0.05) is 12.1 Å². The Morgan fingerprint density at radius 1 is 1.25 bits per heavy atom. The van der Waals surface area contributed by atoms with Gasteiger partial charge in [-0.25, -0.2) is 4.98 Å². The minimum atomic E-state index is -0.476. The Balaban J connectivity index is 2.13. The van der Waals surface area contributed by atoms with Gasteiger partial charge in [0.2, 0.25) is 5.88 Å². The molecule has 1 aromatic carbocycles. The van der Waals surface area contributed by atoms with Crippen molar-refractivity contribution in [3.8, 4) is 11.6 Å². The van der Waals surface area contributed by atoms with Crippen LogP contribution in [0.4, 0.5) is 5.69 Å². The number of aryl methyl sites for hydroxylation is 1. The molecule has 2 aromatic rings. The number of aromatic nitrogens is 1. The van der Waals surface area contributed by atoms with Crippen LogP contribution in [-0.4, -0.2) is 21.6 Å². The van der Waals surface area contributed by atoms with E-state index < -0.39 is 4.92 Å². The summed E-state index contributed by atoms with van der Waals surface area (Å²) < 4.78 is 5.53. The van der Waals surface area contributed by atoms with E-state index in [9.17, 15) is 10.1 Å². The first-order chi connectivity index (χ1) is 9.60. The molecule has 1 aromatic heterocycles. The third kappa shape index (κ3) is 3.30. The van der Waals surface area contributed by atoms with E-state index >= 15 is 0 Å². The monoisotopic (exact) mass is 274 g/mol. The first kappa shape index (κ1) is 14.0. The minimum absolute atomic E-state index is 0.0318. The predicted molar refractivity (Wildman–Crippen MR) is 72.9 cm³/mol. The highest BCUT2D eigenvalue weighted by Crippen LogP contribution is 2.24. The van der Waals surface area contributed by atoms with Crippen LogP contribution in [0.3, 0.4) is 0 Å². The maximum absolute atomic E-state index is 10.7. The van der Waals surface area contributed by atoms with Gasteiger partial charge in [0.25, 0.3) is 5.69 Å². The number of nitrogens with zero attached hydrogens (tertiary/aromatic N) is 2. The van der Waals surface area contributed by atoms with Crippen LogP contribution in [0.5, 0.6) is 11.6 Å². The average molecular weight is 274 g/mol. The molecule has 1 heterocycles. The van der Waals surface area contributed by atoms with Crippen LogP contribution in [0.15, 0.2) is 36.4 Å². The van der Waals surface area contributed by atoms with E-state index in [1.165, 1.54) is 12.1 Å². The zero-order valence-corrected chi connectivity index (χ0v) is 10.9. The standard InChI is InChI=1S/C14H14N2O4/c1-10-13(16(18)19)6-7-14(15-10)20-12-4-2-11(3-5-12)8-9-17/h2-7,17H,8-9H2,1H3. The Labute approximate surface area is 115 Å². The second-order valence-corrected chi connectivity index (χ2v) is 4.23. The van der Waals surface area contributed by atoms with E-state index in [-0.39, 0.29) is 12.3 Å². The van der Waals surface area contributed by atoms with E-state index in [0.29, 0.717) is 23.7 Å². The van der Waals surface area contributed by atoms with Crippen molar-refractivity contribution in [2.75, 3.05) is 6.61 Å². The molecule has 6 heteroatoms. The lowest BCUT2D eigenvalue weighted by Crippen LogP contribution is -1.96. The molecule has 0 fully saturated rings. The predicted octanol–water partition coefficient (Wildman–Crippen LogP) is 2.63. The number of aliphatic hydroxyl groups is 1. The van der Waals surface area contributed by atoms with E-state index in [1.807, 2.05) is 12.1 Å². The van der Waals surface area contributed by atoms with Gasteiger partial charge in [0, 0.05) is 18.7 Å². The summed E-state index contributed by atoms with van der Waals surface area (Å²) in [5, 5.41) is 19.5. The quantitative estimate of drug-likeness (QED) is 0.669. The number of aliphatic hydroxyl groups excluding tert-OH is 1. The Bertz CT molecular complexity index is 611. The molecular weight excluding hydrogens is 260 g/mol. The molecule has 104 valence electrons. The highest BCUT2D eigenvalue weighted by molar-refractivity contribution is 5.38. The van der Waals surface area contributed by atoms with E-state index in [0.717, 1.165) is 5.56 Å². The molecule has 0 bridgehead atoms. The minimum Gasteiger partial charge on any atom is -0.439 e. The van der Waals surface area contributed by atoms with Crippen LogP contribution in [0.25, 0.3) is 0 Å². The van der Waals surface area contributed by atoms with Crippen LogP contribution in [0.2, 0.25) is 0 Å². The SMILES string of the molecule is Cc1nc(Oc2ccc(CCO)cc2)ccc1[N+](=O)[O-]. The molecule has 0 aliphatic carbocycles. The third-order valence-corrected chi connectivity index (χ3v) is 2.78. The van der Waals surface area contributed by atoms with E-state index in [4.69, 9.17) is 9.84 Å². The van der Waals surface area contributed by atoms with E-state index in [2.05, 4.69) is 4.98 Å². The Kier molecular flexibility index (Phi) is 4.27. The zero-order chi connectivity index (χ0) is 14.5. The molecule has 0 saturated heterocycles. The van der Waals surface area contributed by atoms with Crippen LogP contribution in [0, 0.1) is 17.0 Å². The van der Waals surface area contributed by atoms with Crippen LogP contribution in [-0.2, 0) is 6.42 Å².